The standard InChI is InChI=1S/C22H22FN3O2/c1-4-25(14-17-10-6-5-9-15(17)2)22(28)21-20(27)13-16(3)26(24-21)19-12-8-7-11-18(19)23/h5-13H,4,14H2,1-3H3. The first-order chi connectivity index (χ1) is 13.4. The van der Waals surface area contributed by atoms with Crippen LogP contribution in [0.25, 0.3) is 5.69 Å². The Morgan fingerprint density at radius 1 is 1.11 bits per heavy atom. The fraction of sp³-hybridized carbons (Fsp3) is 0.227. The van der Waals surface area contributed by atoms with Gasteiger partial charge in [-0.2, -0.15) is 5.10 Å². The predicted octanol–water partition coefficient (Wildman–Crippen LogP) is 3.65. The third kappa shape index (κ3) is 3.86. The molecular weight excluding hydrogens is 357 g/mol. The topological polar surface area (TPSA) is 55.2 Å². The van der Waals surface area contributed by atoms with Crippen molar-refractivity contribution in [2.75, 3.05) is 6.54 Å². The molecule has 0 atom stereocenters. The number of para-hydroxylation sites is 1. The number of aryl methyl sites for hydroxylation is 2. The van der Waals surface area contributed by atoms with Crippen LogP contribution in [0.2, 0.25) is 0 Å². The lowest BCUT2D eigenvalue weighted by molar-refractivity contribution is 0.0743. The molecule has 3 rings (SSSR count). The lowest BCUT2D eigenvalue weighted by atomic mass is 10.1. The monoisotopic (exact) mass is 379 g/mol. The van der Waals surface area contributed by atoms with Crippen molar-refractivity contribution in [1.29, 1.82) is 0 Å². The number of nitrogens with zero attached hydrogens (tertiary/aromatic N) is 3. The number of hydrogen-bond donors (Lipinski definition) is 0. The van der Waals surface area contributed by atoms with E-state index in [1.54, 1.807) is 30.0 Å². The van der Waals surface area contributed by atoms with Gasteiger partial charge in [-0.05, 0) is 44.0 Å². The molecule has 3 aromatic rings. The van der Waals surface area contributed by atoms with Crippen molar-refractivity contribution < 1.29 is 9.18 Å². The smallest absolute Gasteiger partial charge is 0.278 e. The minimum absolute atomic E-state index is 0.191. The Morgan fingerprint density at radius 3 is 2.46 bits per heavy atom. The molecule has 144 valence electrons. The molecule has 0 N–H and O–H groups in total. The molecule has 1 aromatic heterocycles. The zero-order chi connectivity index (χ0) is 20.3. The molecule has 0 saturated heterocycles. The highest BCUT2D eigenvalue weighted by Gasteiger charge is 2.22. The fourth-order valence-electron chi connectivity index (χ4n) is 3.03. The van der Waals surface area contributed by atoms with Crippen LogP contribution in [0.3, 0.4) is 0 Å². The van der Waals surface area contributed by atoms with Gasteiger partial charge in [-0.25, -0.2) is 9.07 Å². The van der Waals surface area contributed by atoms with Crippen molar-refractivity contribution in [2.45, 2.75) is 27.3 Å². The normalized spacial score (nSPS) is 10.7. The molecule has 0 aliphatic heterocycles. The molecule has 0 aliphatic carbocycles. The highest BCUT2D eigenvalue weighted by atomic mass is 19.1. The number of carbonyl (C=O) groups excluding carboxylic acids is 1. The van der Waals surface area contributed by atoms with Gasteiger partial charge in [-0.15, -0.1) is 0 Å². The summed E-state index contributed by atoms with van der Waals surface area (Å²) in [6.45, 7) is 6.27. The summed E-state index contributed by atoms with van der Waals surface area (Å²) >= 11 is 0. The molecule has 28 heavy (non-hydrogen) atoms. The van der Waals surface area contributed by atoms with Crippen LogP contribution in [0.15, 0.2) is 59.4 Å². The van der Waals surface area contributed by atoms with Crippen molar-refractivity contribution in [3.05, 3.63) is 93.2 Å². The van der Waals surface area contributed by atoms with E-state index in [1.165, 1.54) is 16.8 Å². The fourth-order valence-corrected chi connectivity index (χ4v) is 3.03. The number of rotatable bonds is 5. The highest BCUT2D eigenvalue weighted by molar-refractivity contribution is 5.92. The maximum absolute atomic E-state index is 14.2. The second kappa shape index (κ2) is 8.17. The zero-order valence-electron chi connectivity index (χ0n) is 16.1. The Labute approximate surface area is 163 Å². The largest absolute Gasteiger partial charge is 0.333 e. The molecule has 5 nitrogen and oxygen atoms in total. The van der Waals surface area contributed by atoms with Gasteiger partial charge < -0.3 is 4.90 Å². The maximum atomic E-state index is 14.2. The number of amides is 1. The molecule has 0 aliphatic rings. The van der Waals surface area contributed by atoms with Crippen LogP contribution in [0.5, 0.6) is 0 Å². The van der Waals surface area contributed by atoms with Gasteiger partial charge in [0, 0.05) is 24.8 Å². The molecule has 0 saturated carbocycles. The molecule has 0 fully saturated rings. The van der Waals surface area contributed by atoms with Gasteiger partial charge in [0.15, 0.2) is 5.69 Å². The van der Waals surface area contributed by atoms with Crippen LogP contribution in [0.4, 0.5) is 4.39 Å². The Bertz CT molecular complexity index is 1080. The minimum atomic E-state index is -0.479. The van der Waals surface area contributed by atoms with Crippen molar-refractivity contribution in [3.63, 3.8) is 0 Å². The summed E-state index contributed by atoms with van der Waals surface area (Å²) in [5.41, 5.74) is 2.01. The average molecular weight is 379 g/mol. The molecule has 1 heterocycles. The number of halogens is 1. The Kier molecular flexibility index (Phi) is 5.68. The van der Waals surface area contributed by atoms with Crippen LogP contribution in [-0.4, -0.2) is 27.1 Å². The third-order valence-electron chi connectivity index (χ3n) is 4.68. The lowest BCUT2D eigenvalue weighted by Crippen LogP contribution is -2.36. The zero-order valence-corrected chi connectivity index (χ0v) is 16.1. The number of aromatic nitrogens is 2. The highest BCUT2D eigenvalue weighted by Crippen LogP contribution is 2.15. The van der Waals surface area contributed by atoms with E-state index < -0.39 is 17.2 Å². The number of benzene rings is 2. The summed E-state index contributed by atoms with van der Waals surface area (Å²) < 4.78 is 15.5. The Morgan fingerprint density at radius 2 is 1.79 bits per heavy atom. The van der Waals surface area contributed by atoms with Gasteiger partial charge in [0.1, 0.15) is 11.5 Å². The van der Waals surface area contributed by atoms with Crippen LogP contribution < -0.4 is 5.43 Å². The molecule has 6 heteroatoms. The van der Waals surface area contributed by atoms with Crippen LogP contribution in [0, 0.1) is 19.7 Å². The average Bonchev–Trinajstić information content (AvgIpc) is 2.68. The van der Waals surface area contributed by atoms with E-state index in [1.807, 2.05) is 38.1 Å². The van der Waals surface area contributed by atoms with E-state index in [0.29, 0.717) is 18.8 Å². The molecule has 0 spiro atoms. The van der Waals surface area contributed by atoms with E-state index in [9.17, 15) is 14.0 Å². The SMILES string of the molecule is CCN(Cc1ccccc1C)C(=O)c1nn(-c2ccccc2F)c(C)cc1=O. The summed E-state index contributed by atoms with van der Waals surface area (Å²) in [4.78, 5) is 27.1. The molecule has 2 aromatic carbocycles. The summed E-state index contributed by atoms with van der Waals surface area (Å²) in [5.74, 6) is -0.951. The van der Waals surface area contributed by atoms with Gasteiger partial charge in [0.25, 0.3) is 5.91 Å². The first-order valence-corrected chi connectivity index (χ1v) is 9.12. The molecule has 0 unspecified atom stereocenters. The summed E-state index contributed by atoms with van der Waals surface area (Å²) in [5, 5.41) is 4.21. The van der Waals surface area contributed by atoms with E-state index >= 15 is 0 Å². The Balaban J connectivity index is 2.01. The van der Waals surface area contributed by atoms with Gasteiger partial charge in [-0.3, -0.25) is 9.59 Å². The number of hydrogen-bond acceptors (Lipinski definition) is 3. The molecule has 0 bridgehead atoms. The second-order valence-electron chi connectivity index (χ2n) is 6.61. The van der Waals surface area contributed by atoms with Crippen LogP contribution in [0.1, 0.15) is 34.2 Å². The quantitative estimate of drug-likeness (QED) is 0.680. The third-order valence-corrected chi connectivity index (χ3v) is 4.68. The van der Waals surface area contributed by atoms with Gasteiger partial charge in [0.2, 0.25) is 5.43 Å². The Hall–Kier alpha value is -3.28. The first-order valence-electron chi connectivity index (χ1n) is 9.12. The van der Waals surface area contributed by atoms with Gasteiger partial charge in [-0.1, -0.05) is 36.4 Å². The van der Waals surface area contributed by atoms with E-state index in [4.69, 9.17) is 0 Å². The van der Waals surface area contributed by atoms with Gasteiger partial charge >= 0.3 is 0 Å². The number of carbonyl (C=O) groups is 1. The van der Waals surface area contributed by atoms with E-state index in [2.05, 4.69) is 5.10 Å². The van der Waals surface area contributed by atoms with Gasteiger partial charge in [0.05, 0.1) is 0 Å². The van der Waals surface area contributed by atoms with E-state index in [-0.39, 0.29) is 11.4 Å². The molecule has 1 amide bonds. The van der Waals surface area contributed by atoms with Crippen molar-refractivity contribution in [3.8, 4) is 5.69 Å². The summed E-state index contributed by atoms with van der Waals surface area (Å²) in [6, 6.07) is 15.2. The minimum Gasteiger partial charge on any atom is -0.333 e. The predicted molar refractivity (Wildman–Crippen MR) is 106 cm³/mol. The molecule has 0 radical (unpaired) electrons. The first kappa shape index (κ1) is 19.5. The maximum Gasteiger partial charge on any atom is 0.278 e. The summed E-state index contributed by atoms with van der Waals surface area (Å²) in [6.07, 6.45) is 0. The molecular formula is C22H22FN3O2. The van der Waals surface area contributed by atoms with Crippen LogP contribution in [-0.2, 0) is 6.54 Å². The van der Waals surface area contributed by atoms with Crippen molar-refractivity contribution in [1.82, 2.24) is 14.7 Å². The second-order valence-corrected chi connectivity index (χ2v) is 6.61. The van der Waals surface area contributed by atoms with E-state index in [0.717, 1.165) is 11.1 Å². The van der Waals surface area contributed by atoms with Crippen molar-refractivity contribution >= 4 is 5.91 Å². The lowest BCUT2D eigenvalue weighted by Gasteiger charge is -2.22. The van der Waals surface area contributed by atoms with Crippen LogP contribution >= 0.6 is 0 Å². The van der Waals surface area contributed by atoms with Crippen molar-refractivity contribution in [2.24, 2.45) is 0 Å². The summed E-state index contributed by atoms with van der Waals surface area (Å²) in [7, 11) is 0.